The number of nitrogens with zero attached hydrogens (tertiary/aromatic N) is 2. The highest BCUT2D eigenvalue weighted by Gasteiger charge is 2.44. The van der Waals surface area contributed by atoms with Gasteiger partial charge in [-0.25, -0.2) is 4.79 Å². The maximum Gasteiger partial charge on any atom is 0.329 e. The lowest BCUT2D eigenvalue weighted by molar-refractivity contribution is -0.159. The Morgan fingerprint density at radius 2 is 1.51 bits per heavy atom. The van der Waals surface area contributed by atoms with Crippen molar-refractivity contribution in [1.82, 2.24) is 25.8 Å². The summed E-state index contributed by atoms with van der Waals surface area (Å²) in [4.78, 5) is 72.4. The number of hydrogen-bond donors (Lipinski definition) is 3. The van der Waals surface area contributed by atoms with E-state index in [0.717, 1.165) is 11.1 Å². The van der Waals surface area contributed by atoms with E-state index in [0.29, 0.717) is 12.8 Å². The predicted octanol–water partition coefficient (Wildman–Crippen LogP) is 4.53. The number of hydrogen-bond acceptors (Lipinski definition) is 9. The van der Waals surface area contributed by atoms with Gasteiger partial charge in [0.05, 0.1) is 42.7 Å². The quantitative estimate of drug-likeness (QED) is 0.120. The molecule has 322 valence electrons. The second-order valence-electron chi connectivity index (χ2n) is 17.4. The standard InChI is InChI=1S/C44H73N5O8/c1-16-29(7)38(48(13)42(53)37(27(4)5)47-41(52)36(45-12)26(2)3)34(55-14)24-35(50)49-25-28(6)22-33(49)39(56-15)30(8)40(51)46-32(43(54)57-44(9,10)11)23-31-20-18-17-19-21-31/h17-21,26-27,29-30,32-34,36-39,45H,6,16,22-25H2,1-5,7-15H3,(H,46,51)(H,47,52)/t29-,30+,32-,33-,34+,36-,37-,38?,39+/m0/s1. The summed E-state index contributed by atoms with van der Waals surface area (Å²) in [6.07, 6.45) is -0.0961. The second-order valence-corrected chi connectivity index (χ2v) is 17.4. The lowest BCUT2D eigenvalue weighted by atomic mass is 9.89. The van der Waals surface area contributed by atoms with Gasteiger partial charge >= 0.3 is 5.97 Å². The van der Waals surface area contributed by atoms with Crippen LogP contribution in [0.2, 0.25) is 0 Å². The van der Waals surface area contributed by atoms with Crippen LogP contribution in [0.1, 0.15) is 94.1 Å². The van der Waals surface area contributed by atoms with Crippen LogP contribution in [0.4, 0.5) is 0 Å². The van der Waals surface area contributed by atoms with Crippen LogP contribution in [0.15, 0.2) is 42.5 Å². The van der Waals surface area contributed by atoms with E-state index in [2.05, 4.69) is 22.5 Å². The zero-order chi connectivity index (χ0) is 43.4. The minimum absolute atomic E-state index is 0.0155. The van der Waals surface area contributed by atoms with Gasteiger partial charge in [0.1, 0.15) is 17.7 Å². The molecule has 57 heavy (non-hydrogen) atoms. The fourth-order valence-corrected chi connectivity index (χ4v) is 7.72. The molecule has 1 unspecified atom stereocenters. The largest absolute Gasteiger partial charge is 0.458 e. The summed E-state index contributed by atoms with van der Waals surface area (Å²) in [6, 6.07) is 6.18. The molecule has 0 spiro atoms. The van der Waals surface area contributed by atoms with Crippen molar-refractivity contribution in [3.05, 3.63) is 48.0 Å². The van der Waals surface area contributed by atoms with E-state index in [-0.39, 0.29) is 54.9 Å². The highest BCUT2D eigenvalue weighted by molar-refractivity contribution is 5.90. The molecule has 13 heteroatoms. The number of nitrogens with one attached hydrogen (secondary N) is 3. The van der Waals surface area contributed by atoms with Crippen molar-refractivity contribution in [2.24, 2.45) is 23.7 Å². The first-order chi connectivity index (χ1) is 26.6. The summed E-state index contributed by atoms with van der Waals surface area (Å²) in [7, 11) is 6.48. The lowest BCUT2D eigenvalue weighted by Crippen LogP contribution is -2.59. The number of rotatable bonds is 21. The van der Waals surface area contributed by atoms with Gasteiger partial charge in [-0.15, -0.1) is 0 Å². The second kappa shape index (κ2) is 22.4. The van der Waals surface area contributed by atoms with E-state index in [1.54, 1.807) is 51.6 Å². The molecule has 3 N–H and O–H groups in total. The van der Waals surface area contributed by atoms with E-state index in [1.807, 2.05) is 71.9 Å². The third-order valence-electron chi connectivity index (χ3n) is 11.0. The topological polar surface area (TPSA) is 156 Å². The molecule has 1 aromatic carbocycles. The number of methoxy groups -OCH3 is 2. The number of benzene rings is 1. The normalized spacial score (nSPS) is 18.9. The monoisotopic (exact) mass is 800 g/mol. The lowest BCUT2D eigenvalue weighted by Gasteiger charge is -2.41. The zero-order valence-electron chi connectivity index (χ0n) is 37.1. The molecule has 13 nitrogen and oxygen atoms in total. The minimum atomic E-state index is -0.946. The van der Waals surface area contributed by atoms with Crippen LogP contribution in [0.3, 0.4) is 0 Å². The average Bonchev–Trinajstić information content (AvgIpc) is 3.53. The Balaban J connectivity index is 2.35. The van der Waals surface area contributed by atoms with Gasteiger partial charge in [0.15, 0.2) is 0 Å². The molecule has 0 bridgehead atoms. The smallest absolute Gasteiger partial charge is 0.329 e. The number of amides is 4. The molecule has 9 atom stereocenters. The fraction of sp³-hybridized carbons (Fsp3) is 0.705. The molecular formula is C44H73N5O8. The molecule has 0 saturated carbocycles. The Labute approximate surface area is 342 Å². The van der Waals surface area contributed by atoms with Crippen LogP contribution >= 0.6 is 0 Å². The van der Waals surface area contributed by atoms with Crippen LogP contribution in [-0.4, -0.2) is 122 Å². The fourth-order valence-electron chi connectivity index (χ4n) is 7.72. The van der Waals surface area contributed by atoms with Crippen molar-refractivity contribution < 1.29 is 38.2 Å². The van der Waals surface area contributed by atoms with Crippen molar-refractivity contribution in [3.8, 4) is 0 Å². The Bertz CT molecular complexity index is 1490. The maximum absolute atomic E-state index is 14.4. The van der Waals surface area contributed by atoms with Gasteiger partial charge in [-0.3, -0.25) is 19.2 Å². The Hall–Kier alpha value is -3.81. The van der Waals surface area contributed by atoms with E-state index >= 15 is 0 Å². The molecule has 2 rings (SSSR count). The number of esters is 1. The molecule has 1 fully saturated rings. The molecule has 1 saturated heterocycles. The van der Waals surface area contributed by atoms with E-state index in [1.165, 1.54) is 14.2 Å². The van der Waals surface area contributed by atoms with Gasteiger partial charge in [-0.2, -0.15) is 0 Å². The number of carbonyl (C=O) groups is 5. The molecule has 0 aromatic heterocycles. The van der Waals surface area contributed by atoms with Gasteiger partial charge in [0.25, 0.3) is 0 Å². The number of ether oxygens (including phenoxy) is 3. The van der Waals surface area contributed by atoms with Crippen LogP contribution in [0.25, 0.3) is 0 Å². The number of carbonyl (C=O) groups excluding carboxylic acids is 5. The molecular weight excluding hydrogens is 727 g/mol. The van der Waals surface area contributed by atoms with Gasteiger partial charge in [0.2, 0.25) is 23.6 Å². The van der Waals surface area contributed by atoms with Crippen molar-refractivity contribution in [2.45, 2.75) is 143 Å². The summed E-state index contributed by atoms with van der Waals surface area (Å²) >= 11 is 0. The first-order valence-electron chi connectivity index (χ1n) is 20.4. The molecule has 1 aliphatic rings. The Kier molecular flexibility index (Phi) is 19.4. The van der Waals surface area contributed by atoms with Crippen LogP contribution in [0, 0.1) is 23.7 Å². The highest BCUT2D eigenvalue weighted by atomic mass is 16.6. The summed E-state index contributed by atoms with van der Waals surface area (Å²) in [5, 5.41) is 8.94. The van der Waals surface area contributed by atoms with E-state index in [4.69, 9.17) is 14.2 Å². The molecule has 1 heterocycles. The third kappa shape index (κ3) is 13.9. The first-order valence-corrected chi connectivity index (χ1v) is 20.4. The summed E-state index contributed by atoms with van der Waals surface area (Å²) in [5.41, 5.74) is 0.922. The first kappa shape index (κ1) is 49.3. The summed E-state index contributed by atoms with van der Waals surface area (Å²) < 4.78 is 17.7. The Morgan fingerprint density at radius 1 is 0.912 bits per heavy atom. The average molecular weight is 800 g/mol. The van der Waals surface area contributed by atoms with E-state index in [9.17, 15) is 24.0 Å². The molecule has 1 aliphatic heterocycles. The van der Waals surface area contributed by atoms with Gasteiger partial charge in [-0.1, -0.05) is 97.4 Å². The molecule has 0 radical (unpaired) electrons. The van der Waals surface area contributed by atoms with Crippen molar-refractivity contribution in [3.63, 3.8) is 0 Å². The van der Waals surface area contributed by atoms with Gasteiger partial charge in [0, 0.05) is 34.2 Å². The van der Waals surface area contributed by atoms with Gasteiger partial charge in [-0.05, 0) is 57.6 Å². The summed E-state index contributed by atoms with van der Waals surface area (Å²) in [6.45, 7) is 23.2. The van der Waals surface area contributed by atoms with Crippen molar-refractivity contribution in [1.29, 1.82) is 0 Å². The zero-order valence-corrected chi connectivity index (χ0v) is 37.1. The highest BCUT2D eigenvalue weighted by Crippen LogP contribution is 2.31. The summed E-state index contributed by atoms with van der Waals surface area (Å²) in [5.74, 6) is -2.71. The molecule has 0 aliphatic carbocycles. The van der Waals surface area contributed by atoms with Gasteiger partial charge < -0.3 is 40.0 Å². The SMILES string of the molecule is C=C1C[C@@H]([C@H](OC)[C@@H](C)C(=O)N[C@@H](Cc2ccccc2)C(=O)OC(C)(C)C)N(C(=O)C[C@@H](OC)C([C@@H](C)CC)N(C)C(=O)[C@@H](NC(=O)[C@@H](NC)C(C)C)C(C)C)C1. The number of likely N-dealkylation sites (tertiary alicyclic amines) is 1. The van der Waals surface area contributed by atoms with E-state index < -0.39 is 65.8 Å². The van der Waals surface area contributed by atoms with Crippen LogP contribution < -0.4 is 16.0 Å². The van der Waals surface area contributed by atoms with Crippen molar-refractivity contribution in [2.75, 3.05) is 34.9 Å². The maximum atomic E-state index is 14.4. The van der Waals surface area contributed by atoms with Crippen LogP contribution in [-0.2, 0) is 44.6 Å². The predicted molar refractivity (Wildman–Crippen MR) is 223 cm³/mol. The Morgan fingerprint density at radius 3 is 2.00 bits per heavy atom. The number of likely N-dealkylation sites (N-methyl/N-ethyl adjacent to an activating group) is 2. The molecule has 4 amide bonds. The van der Waals surface area contributed by atoms with Crippen LogP contribution in [0.5, 0.6) is 0 Å². The molecule has 1 aromatic rings. The van der Waals surface area contributed by atoms with Crippen molar-refractivity contribution >= 4 is 29.6 Å². The third-order valence-corrected chi connectivity index (χ3v) is 11.0. The minimum Gasteiger partial charge on any atom is -0.458 e.